The van der Waals surface area contributed by atoms with Crippen LogP contribution in [0.3, 0.4) is 0 Å². The smallest absolute Gasteiger partial charge is 0.335 e. The Morgan fingerprint density at radius 1 is 1.50 bits per heavy atom. The lowest BCUT2D eigenvalue weighted by atomic mass is 10.1. The number of carboxylic acids is 1. The molecule has 5 heteroatoms. The lowest BCUT2D eigenvalue weighted by Gasteiger charge is -2.05. The molecule has 1 aromatic rings. The molecule has 1 aromatic carbocycles. The van der Waals surface area contributed by atoms with E-state index in [9.17, 15) is 9.00 Å². The van der Waals surface area contributed by atoms with Crippen molar-refractivity contribution in [2.75, 3.05) is 12.5 Å². The van der Waals surface area contributed by atoms with Gasteiger partial charge in [-0.25, -0.2) is 4.79 Å². The molecule has 0 aliphatic carbocycles. The Bertz CT molecular complexity index is 414. The Balaban J connectivity index is 2.94. The van der Waals surface area contributed by atoms with Gasteiger partial charge >= 0.3 is 5.97 Å². The monoisotopic (exact) mass is 242 g/mol. The summed E-state index contributed by atoms with van der Waals surface area (Å²) in [6.45, 7) is 4.01. The molecule has 88 valence electrons. The second-order valence-electron chi connectivity index (χ2n) is 3.24. The summed E-state index contributed by atoms with van der Waals surface area (Å²) in [6.07, 6.45) is 0. The van der Waals surface area contributed by atoms with Gasteiger partial charge in [0.2, 0.25) is 0 Å². The van der Waals surface area contributed by atoms with E-state index in [1.165, 1.54) is 6.07 Å². The largest absolute Gasteiger partial charge is 0.478 e. The molecule has 0 bridgehead atoms. The summed E-state index contributed by atoms with van der Waals surface area (Å²) in [5.41, 5.74) is 0.840. The number of carboxylic acid groups (broad SMARTS) is 1. The van der Waals surface area contributed by atoms with Crippen LogP contribution >= 0.6 is 0 Å². The summed E-state index contributed by atoms with van der Waals surface area (Å²) in [4.78, 5) is 11.4. The normalized spacial score (nSPS) is 12.4. The highest BCUT2D eigenvalue weighted by Crippen LogP contribution is 2.14. The van der Waals surface area contributed by atoms with Crippen LogP contribution in [0, 0.1) is 6.92 Å². The molecule has 0 spiro atoms. The summed E-state index contributed by atoms with van der Waals surface area (Å²) in [5.74, 6) is -0.911. The zero-order chi connectivity index (χ0) is 12.1. The first-order valence-electron chi connectivity index (χ1n) is 4.86. The first-order valence-corrected chi connectivity index (χ1v) is 6.18. The number of aromatic carboxylic acids is 1. The molecule has 16 heavy (non-hydrogen) atoms. The van der Waals surface area contributed by atoms with Crippen LogP contribution in [0.15, 0.2) is 23.1 Å². The minimum absolute atomic E-state index is 0.0959. The predicted octanol–water partition coefficient (Wildman–Crippen LogP) is 1.79. The Labute approximate surface area is 96.7 Å². The number of ether oxygens (including phenoxy) is 1. The molecule has 0 radical (unpaired) electrons. The summed E-state index contributed by atoms with van der Waals surface area (Å²) in [6, 6.07) is 4.76. The third-order valence-corrected chi connectivity index (χ3v) is 3.26. The fraction of sp³-hybridized carbons (Fsp3) is 0.364. The van der Waals surface area contributed by atoms with Gasteiger partial charge in [-0.05, 0) is 31.5 Å². The molecule has 0 aliphatic rings. The van der Waals surface area contributed by atoms with Gasteiger partial charge in [0.1, 0.15) is 5.94 Å². The topological polar surface area (TPSA) is 63.6 Å². The van der Waals surface area contributed by atoms with Crippen LogP contribution in [0.25, 0.3) is 0 Å². The van der Waals surface area contributed by atoms with Crippen molar-refractivity contribution in [3.8, 4) is 0 Å². The molecule has 0 saturated heterocycles. The number of hydrogen-bond acceptors (Lipinski definition) is 3. The number of hydrogen-bond donors (Lipinski definition) is 1. The molecule has 4 nitrogen and oxygen atoms in total. The number of aryl methyl sites for hydroxylation is 1. The van der Waals surface area contributed by atoms with E-state index in [0.29, 0.717) is 17.1 Å². The molecule has 0 amide bonds. The van der Waals surface area contributed by atoms with E-state index in [4.69, 9.17) is 9.84 Å². The van der Waals surface area contributed by atoms with E-state index in [1.807, 2.05) is 6.92 Å². The van der Waals surface area contributed by atoms with Crippen LogP contribution in [0.4, 0.5) is 0 Å². The molecule has 1 atom stereocenters. The Kier molecular flexibility index (Phi) is 4.64. The van der Waals surface area contributed by atoms with E-state index in [0.717, 1.165) is 0 Å². The van der Waals surface area contributed by atoms with Crippen molar-refractivity contribution in [3.05, 3.63) is 29.3 Å². The zero-order valence-electron chi connectivity index (χ0n) is 9.23. The highest BCUT2D eigenvalue weighted by molar-refractivity contribution is 7.84. The summed E-state index contributed by atoms with van der Waals surface area (Å²) in [5, 5.41) is 8.92. The van der Waals surface area contributed by atoms with Gasteiger partial charge in [-0.2, -0.15) is 0 Å². The average molecular weight is 242 g/mol. The maximum atomic E-state index is 11.7. The van der Waals surface area contributed by atoms with Crippen LogP contribution < -0.4 is 0 Å². The van der Waals surface area contributed by atoms with Crippen molar-refractivity contribution >= 4 is 16.8 Å². The van der Waals surface area contributed by atoms with Crippen molar-refractivity contribution < 1.29 is 18.8 Å². The lowest BCUT2D eigenvalue weighted by molar-refractivity contribution is 0.0696. The van der Waals surface area contributed by atoms with Crippen LogP contribution in [0.2, 0.25) is 0 Å². The van der Waals surface area contributed by atoms with Crippen molar-refractivity contribution in [3.63, 3.8) is 0 Å². The van der Waals surface area contributed by atoms with E-state index < -0.39 is 16.8 Å². The van der Waals surface area contributed by atoms with Gasteiger partial charge in [0.25, 0.3) is 0 Å². The van der Waals surface area contributed by atoms with Gasteiger partial charge in [0.15, 0.2) is 0 Å². The fourth-order valence-corrected chi connectivity index (χ4v) is 2.12. The SMILES string of the molecule is CCOCS(=O)c1ccc(C)c(C(=O)O)c1. The lowest BCUT2D eigenvalue weighted by Crippen LogP contribution is -2.05. The van der Waals surface area contributed by atoms with Gasteiger partial charge in [0, 0.05) is 11.5 Å². The van der Waals surface area contributed by atoms with Crippen LogP contribution in [-0.2, 0) is 15.5 Å². The van der Waals surface area contributed by atoms with E-state index in [-0.39, 0.29) is 11.5 Å². The fourth-order valence-electron chi connectivity index (χ4n) is 1.20. The Hall–Kier alpha value is -1.20. The minimum Gasteiger partial charge on any atom is -0.478 e. The quantitative estimate of drug-likeness (QED) is 0.855. The molecule has 0 heterocycles. The second kappa shape index (κ2) is 5.77. The van der Waals surface area contributed by atoms with E-state index >= 15 is 0 Å². The van der Waals surface area contributed by atoms with Gasteiger partial charge in [-0.3, -0.25) is 4.21 Å². The molecule has 0 aliphatic heterocycles. The summed E-state index contributed by atoms with van der Waals surface area (Å²) in [7, 11) is -1.30. The zero-order valence-corrected chi connectivity index (χ0v) is 10.0. The summed E-state index contributed by atoms with van der Waals surface area (Å²) < 4.78 is 16.7. The molecule has 0 saturated carbocycles. The summed E-state index contributed by atoms with van der Waals surface area (Å²) >= 11 is 0. The van der Waals surface area contributed by atoms with Crippen molar-refractivity contribution in [1.82, 2.24) is 0 Å². The van der Waals surface area contributed by atoms with E-state index in [1.54, 1.807) is 19.1 Å². The molecular formula is C11H14O4S. The molecule has 1 unspecified atom stereocenters. The van der Waals surface area contributed by atoms with Gasteiger partial charge in [0.05, 0.1) is 16.4 Å². The highest BCUT2D eigenvalue weighted by atomic mass is 32.2. The molecular weight excluding hydrogens is 228 g/mol. The third-order valence-electron chi connectivity index (χ3n) is 2.10. The van der Waals surface area contributed by atoms with Crippen LogP contribution in [0.5, 0.6) is 0 Å². The van der Waals surface area contributed by atoms with Crippen molar-refractivity contribution in [2.24, 2.45) is 0 Å². The van der Waals surface area contributed by atoms with Crippen LogP contribution in [0.1, 0.15) is 22.8 Å². The van der Waals surface area contributed by atoms with E-state index in [2.05, 4.69) is 0 Å². The number of carbonyl (C=O) groups is 1. The predicted molar refractivity (Wildman–Crippen MR) is 61.0 cm³/mol. The maximum absolute atomic E-state index is 11.7. The third kappa shape index (κ3) is 3.15. The molecule has 1 N–H and O–H groups in total. The standard InChI is InChI=1S/C11H14O4S/c1-3-15-7-16(14)9-5-4-8(2)10(6-9)11(12)13/h4-6H,3,7H2,1-2H3,(H,12,13). The average Bonchev–Trinajstić information content (AvgIpc) is 2.26. The number of benzene rings is 1. The first-order chi connectivity index (χ1) is 7.56. The molecule has 0 fully saturated rings. The molecule has 1 rings (SSSR count). The van der Waals surface area contributed by atoms with Gasteiger partial charge < -0.3 is 9.84 Å². The Morgan fingerprint density at radius 3 is 2.75 bits per heavy atom. The number of rotatable bonds is 5. The first kappa shape index (κ1) is 12.9. The van der Waals surface area contributed by atoms with Crippen LogP contribution in [-0.4, -0.2) is 27.8 Å². The van der Waals surface area contributed by atoms with Gasteiger partial charge in [-0.15, -0.1) is 0 Å². The highest BCUT2D eigenvalue weighted by Gasteiger charge is 2.11. The Morgan fingerprint density at radius 2 is 2.19 bits per heavy atom. The second-order valence-corrected chi connectivity index (χ2v) is 4.64. The molecule has 0 aromatic heterocycles. The van der Waals surface area contributed by atoms with Crippen molar-refractivity contribution in [2.45, 2.75) is 18.7 Å². The van der Waals surface area contributed by atoms with Crippen molar-refractivity contribution in [1.29, 1.82) is 0 Å². The maximum Gasteiger partial charge on any atom is 0.335 e. The minimum atomic E-state index is -1.30. The van der Waals surface area contributed by atoms with Gasteiger partial charge in [-0.1, -0.05) is 6.07 Å².